The molecular weight excluding hydrogens is 230 g/mol. The second-order valence-corrected chi connectivity index (χ2v) is 7.12. The summed E-state index contributed by atoms with van der Waals surface area (Å²) in [5.41, 5.74) is 1.31. The van der Waals surface area contributed by atoms with Crippen molar-refractivity contribution in [3.05, 3.63) is 0 Å². The summed E-state index contributed by atoms with van der Waals surface area (Å²) in [6, 6.07) is 0. The SMILES string of the molecule is ClCCN1CCC2(CCCC2)CC12CCCC2. The first-order valence-corrected chi connectivity index (χ1v) is 8.13. The maximum atomic E-state index is 6.01. The molecule has 3 fully saturated rings. The molecule has 0 amide bonds. The van der Waals surface area contributed by atoms with E-state index >= 15 is 0 Å². The summed E-state index contributed by atoms with van der Waals surface area (Å²) in [5.74, 6) is 0.814. The lowest BCUT2D eigenvalue weighted by Gasteiger charge is -2.52. The lowest BCUT2D eigenvalue weighted by molar-refractivity contribution is -0.0155. The van der Waals surface area contributed by atoms with Crippen LogP contribution in [0.15, 0.2) is 0 Å². The predicted octanol–water partition coefficient (Wildman–Crippen LogP) is 4.19. The fraction of sp³-hybridized carbons (Fsp3) is 1.00. The molecule has 0 atom stereocenters. The molecule has 98 valence electrons. The normalized spacial score (nSPS) is 31.6. The molecule has 1 heterocycles. The van der Waals surface area contributed by atoms with Gasteiger partial charge in [0.15, 0.2) is 0 Å². The summed E-state index contributed by atoms with van der Waals surface area (Å²) in [4.78, 5) is 2.76. The van der Waals surface area contributed by atoms with Crippen molar-refractivity contribution in [3.8, 4) is 0 Å². The fourth-order valence-electron chi connectivity index (χ4n) is 5.04. The molecule has 1 aliphatic heterocycles. The predicted molar refractivity (Wildman–Crippen MR) is 73.6 cm³/mol. The van der Waals surface area contributed by atoms with Gasteiger partial charge in [0.1, 0.15) is 0 Å². The Morgan fingerprint density at radius 1 is 0.882 bits per heavy atom. The highest BCUT2D eigenvalue weighted by Gasteiger charge is 2.50. The first kappa shape index (κ1) is 12.3. The monoisotopic (exact) mass is 255 g/mol. The molecule has 1 nitrogen and oxygen atoms in total. The standard InChI is InChI=1S/C15H26ClN/c16-10-12-17-11-9-14(5-1-2-6-14)13-15(17)7-3-4-8-15/h1-13H2. The van der Waals surface area contributed by atoms with Crippen LogP contribution >= 0.6 is 11.6 Å². The van der Waals surface area contributed by atoms with E-state index in [1.807, 2.05) is 0 Å². The third-order valence-corrected chi connectivity index (χ3v) is 6.01. The summed E-state index contributed by atoms with van der Waals surface area (Å²) in [5, 5.41) is 0. The van der Waals surface area contributed by atoms with Gasteiger partial charge in [-0.05, 0) is 50.5 Å². The van der Waals surface area contributed by atoms with Crippen molar-refractivity contribution < 1.29 is 0 Å². The largest absolute Gasteiger partial charge is 0.296 e. The van der Waals surface area contributed by atoms with Crippen LogP contribution in [-0.2, 0) is 0 Å². The number of alkyl halides is 1. The van der Waals surface area contributed by atoms with Gasteiger partial charge in [0, 0.05) is 18.0 Å². The molecule has 0 aromatic carbocycles. The zero-order chi connectivity index (χ0) is 11.8. The molecule has 0 bridgehead atoms. The molecule has 1 saturated heterocycles. The van der Waals surface area contributed by atoms with Crippen LogP contribution in [0, 0.1) is 5.41 Å². The minimum Gasteiger partial charge on any atom is -0.296 e. The van der Waals surface area contributed by atoms with Crippen molar-refractivity contribution in [3.63, 3.8) is 0 Å². The Bertz CT molecular complexity index is 264. The van der Waals surface area contributed by atoms with Crippen LogP contribution in [0.3, 0.4) is 0 Å². The quantitative estimate of drug-likeness (QED) is 0.669. The van der Waals surface area contributed by atoms with Gasteiger partial charge >= 0.3 is 0 Å². The van der Waals surface area contributed by atoms with Gasteiger partial charge in [0.05, 0.1) is 0 Å². The van der Waals surface area contributed by atoms with Crippen molar-refractivity contribution in [1.29, 1.82) is 0 Å². The van der Waals surface area contributed by atoms with Crippen LogP contribution in [0.4, 0.5) is 0 Å². The Labute approximate surface area is 111 Å². The van der Waals surface area contributed by atoms with Crippen LogP contribution in [0.1, 0.15) is 64.2 Å². The number of likely N-dealkylation sites (tertiary alicyclic amines) is 1. The lowest BCUT2D eigenvalue weighted by atomic mass is 9.67. The van der Waals surface area contributed by atoms with Crippen molar-refractivity contribution in [2.45, 2.75) is 69.7 Å². The molecule has 0 radical (unpaired) electrons. The van der Waals surface area contributed by atoms with Gasteiger partial charge in [0.2, 0.25) is 0 Å². The van der Waals surface area contributed by atoms with E-state index in [1.165, 1.54) is 70.8 Å². The average Bonchev–Trinajstić information content (AvgIpc) is 2.95. The Balaban J connectivity index is 1.78. The average molecular weight is 256 g/mol. The van der Waals surface area contributed by atoms with Gasteiger partial charge < -0.3 is 0 Å². The van der Waals surface area contributed by atoms with Crippen LogP contribution in [0.5, 0.6) is 0 Å². The minimum atomic E-state index is 0.567. The first-order valence-electron chi connectivity index (χ1n) is 7.60. The lowest BCUT2D eigenvalue weighted by Crippen LogP contribution is -2.55. The van der Waals surface area contributed by atoms with E-state index in [2.05, 4.69) is 4.90 Å². The van der Waals surface area contributed by atoms with Gasteiger partial charge in [-0.15, -0.1) is 11.6 Å². The third kappa shape index (κ3) is 2.14. The molecule has 0 N–H and O–H groups in total. The maximum Gasteiger partial charge on any atom is 0.0351 e. The number of halogens is 1. The Hall–Kier alpha value is 0.250. The molecule has 0 aromatic rings. The highest BCUT2D eigenvalue weighted by atomic mass is 35.5. The first-order chi connectivity index (χ1) is 8.29. The molecule has 0 aromatic heterocycles. The van der Waals surface area contributed by atoms with Gasteiger partial charge in [-0.25, -0.2) is 0 Å². The van der Waals surface area contributed by atoms with E-state index in [4.69, 9.17) is 11.6 Å². The molecule has 2 spiro atoms. The third-order valence-electron chi connectivity index (χ3n) is 5.84. The van der Waals surface area contributed by atoms with Crippen LogP contribution in [-0.4, -0.2) is 29.4 Å². The summed E-state index contributed by atoms with van der Waals surface area (Å²) < 4.78 is 0. The maximum absolute atomic E-state index is 6.01. The number of rotatable bonds is 2. The molecule has 0 unspecified atom stereocenters. The molecular formula is C15H26ClN. The molecule has 2 saturated carbocycles. The van der Waals surface area contributed by atoms with E-state index < -0.39 is 0 Å². The molecule has 17 heavy (non-hydrogen) atoms. The van der Waals surface area contributed by atoms with E-state index in [-0.39, 0.29) is 0 Å². The van der Waals surface area contributed by atoms with Crippen molar-refractivity contribution >= 4 is 11.6 Å². The van der Waals surface area contributed by atoms with E-state index in [1.54, 1.807) is 0 Å². The van der Waals surface area contributed by atoms with Gasteiger partial charge in [-0.3, -0.25) is 4.90 Å². The Morgan fingerprint density at radius 3 is 2.18 bits per heavy atom. The second-order valence-electron chi connectivity index (χ2n) is 6.74. The smallest absolute Gasteiger partial charge is 0.0351 e. The number of hydrogen-bond acceptors (Lipinski definition) is 1. The van der Waals surface area contributed by atoms with Gasteiger partial charge in [-0.1, -0.05) is 25.7 Å². The highest BCUT2D eigenvalue weighted by molar-refractivity contribution is 6.18. The molecule has 3 aliphatic rings. The fourth-order valence-corrected chi connectivity index (χ4v) is 5.24. The zero-order valence-corrected chi connectivity index (χ0v) is 11.8. The number of piperidine rings is 1. The zero-order valence-electron chi connectivity index (χ0n) is 11.0. The number of hydrogen-bond donors (Lipinski definition) is 0. The molecule has 2 heteroatoms. The van der Waals surface area contributed by atoms with E-state index in [0.717, 1.165) is 17.8 Å². The van der Waals surface area contributed by atoms with Crippen molar-refractivity contribution in [2.24, 2.45) is 5.41 Å². The van der Waals surface area contributed by atoms with Gasteiger partial charge in [-0.2, -0.15) is 0 Å². The van der Waals surface area contributed by atoms with Gasteiger partial charge in [0.25, 0.3) is 0 Å². The molecule has 3 rings (SSSR count). The number of nitrogens with zero attached hydrogens (tertiary/aromatic N) is 1. The summed E-state index contributed by atoms with van der Waals surface area (Å²) >= 11 is 6.01. The topological polar surface area (TPSA) is 3.24 Å². The molecule has 2 aliphatic carbocycles. The Morgan fingerprint density at radius 2 is 1.53 bits per heavy atom. The van der Waals surface area contributed by atoms with Crippen LogP contribution in [0.2, 0.25) is 0 Å². The van der Waals surface area contributed by atoms with Crippen LogP contribution < -0.4 is 0 Å². The summed E-state index contributed by atoms with van der Waals surface area (Å²) in [6.45, 7) is 2.45. The highest BCUT2D eigenvalue weighted by Crippen LogP contribution is 2.55. The summed E-state index contributed by atoms with van der Waals surface area (Å²) in [6.07, 6.45) is 14.8. The van der Waals surface area contributed by atoms with E-state index in [0.29, 0.717) is 5.54 Å². The Kier molecular flexibility index (Phi) is 3.42. The minimum absolute atomic E-state index is 0.567. The summed E-state index contributed by atoms with van der Waals surface area (Å²) in [7, 11) is 0. The van der Waals surface area contributed by atoms with Crippen molar-refractivity contribution in [2.75, 3.05) is 19.0 Å². The van der Waals surface area contributed by atoms with E-state index in [9.17, 15) is 0 Å². The van der Waals surface area contributed by atoms with Crippen LogP contribution in [0.25, 0.3) is 0 Å². The second kappa shape index (κ2) is 4.74. The van der Waals surface area contributed by atoms with Crippen molar-refractivity contribution in [1.82, 2.24) is 4.90 Å².